The number of fused-ring (bicyclic) bond motifs is 1. The maximum atomic E-state index is 11.8. The van der Waals surface area contributed by atoms with Crippen molar-refractivity contribution in [2.45, 2.75) is 19.8 Å². The smallest absolute Gasteiger partial charge is 0.260 e. The molecule has 4 rings (SSSR count). The highest BCUT2D eigenvalue weighted by molar-refractivity contribution is 6.22. The molecule has 2 N–H and O–H groups in total. The van der Waals surface area contributed by atoms with Crippen LogP contribution in [-0.2, 0) is 4.79 Å². The molecule has 0 atom stereocenters. The van der Waals surface area contributed by atoms with Crippen molar-refractivity contribution in [1.29, 1.82) is 0 Å². The summed E-state index contributed by atoms with van der Waals surface area (Å²) in [7, 11) is 0. The minimum Gasteiger partial charge on any atom is -0.474 e. The Morgan fingerprint density at radius 2 is 2.07 bits per heavy atom. The molecule has 27 heavy (non-hydrogen) atoms. The third-order valence-electron chi connectivity index (χ3n) is 4.88. The van der Waals surface area contributed by atoms with Crippen molar-refractivity contribution in [3.8, 4) is 5.88 Å². The number of nitrogens with two attached hydrogens (primary N) is 1. The molecule has 2 aromatic heterocycles. The lowest BCUT2D eigenvalue weighted by Crippen LogP contribution is -2.25. The number of aromatic nitrogens is 2. The molecule has 7 nitrogen and oxygen atoms in total. The van der Waals surface area contributed by atoms with Gasteiger partial charge < -0.3 is 10.5 Å². The molecule has 0 bridgehead atoms. The fraction of sp³-hybridized carbons (Fsp3) is 0.350. The lowest BCUT2D eigenvalue weighted by atomic mass is 10.0. The molecular weight excluding hydrogens is 342 g/mol. The second-order valence-corrected chi connectivity index (χ2v) is 6.87. The minimum absolute atomic E-state index is 0.0894. The van der Waals surface area contributed by atoms with Gasteiger partial charge in [-0.2, -0.15) is 0 Å². The second-order valence-electron chi connectivity index (χ2n) is 6.87. The van der Waals surface area contributed by atoms with Crippen LogP contribution < -0.4 is 10.5 Å². The molecule has 0 spiro atoms. The zero-order valence-corrected chi connectivity index (χ0v) is 15.4. The van der Waals surface area contributed by atoms with Crippen molar-refractivity contribution in [2.24, 2.45) is 10.7 Å². The van der Waals surface area contributed by atoms with Gasteiger partial charge in [0.25, 0.3) is 5.88 Å². The van der Waals surface area contributed by atoms with E-state index in [-0.39, 0.29) is 5.78 Å². The number of aliphatic imine (C=N–C) groups is 1. The number of hydrogen-bond donors (Lipinski definition) is 1. The molecule has 1 aliphatic carbocycles. The SMILES string of the molecule is CC1=CC(=Nc2c(OCCN3CCCC3)nn3ccccc23)C(N)=CC1=O. The molecule has 7 heteroatoms. The third-order valence-corrected chi connectivity index (χ3v) is 4.88. The van der Waals surface area contributed by atoms with Crippen molar-refractivity contribution < 1.29 is 9.53 Å². The third kappa shape index (κ3) is 3.64. The fourth-order valence-corrected chi connectivity index (χ4v) is 3.35. The van der Waals surface area contributed by atoms with Crippen LogP contribution in [0.5, 0.6) is 5.88 Å². The van der Waals surface area contributed by atoms with E-state index in [4.69, 9.17) is 15.5 Å². The average Bonchev–Trinajstić information content (AvgIpc) is 3.28. The predicted octanol–water partition coefficient (Wildman–Crippen LogP) is 2.25. The van der Waals surface area contributed by atoms with Gasteiger partial charge in [-0.25, -0.2) is 9.51 Å². The first kappa shape index (κ1) is 17.5. The van der Waals surface area contributed by atoms with Crippen molar-refractivity contribution in [1.82, 2.24) is 14.5 Å². The van der Waals surface area contributed by atoms with E-state index in [1.807, 2.05) is 24.4 Å². The fourth-order valence-electron chi connectivity index (χ4n) is 3.35. The summed E-state index contributed by atoms with van der Waals surface area (Å²) in [6.07, 6.45) is 7.48. The van der Waals surface area contributed by atoms with E-state index in [0.717, 1.165) is 25.2 Å². The van der Waals surface area contributed by atoms with Gasteiger partial charge in [0.15, 0.2) is 11.5 Å². The highest BCUT2D eigenvalue weighted by atomic mass is 16.5. The normalized spacial score (nSPS) is 19.6. The lowest BCUT2D eigenvalue weighted by Gasteiger charge is -2.14. The van der Waals surface area contributed by atoms with Crippen molar-refractivity contribution >= 4 is 22.7 Å². The van der Waals surface area contributed by atoms with Crippen LogP contribution in [0.15, 0.2) is 52.8 Å². The van der Waals surface area contributed by atoms with Gasteiger partial charge in [-0.3, -0.25) is 9.69 Å². The summed E-state index contributed by atoms with van der Waals surface area (Å²) < 4.78 is 7.73. The Labute approximate surface area is 157 Å². The van der Waals surface area contributed by atoms with E-state index in [0.29, 0.717) is 35.2 Å². The first-order valence-corrected chi connectivity index (χ1v) is 9.23. The van der Waals surface area contributed by atoms with Crippen LogP contribution in [0.25, 0.3) is 5.52 Å². The number of nitrogens with zero attached hydrogens (tertiary/aromatic N) is 4. The topological polar surface area (TPSA) is 85.2 Å². The van der Waals surface area contributed by atoms with E-state index in [1.54, 1.807) is 17.5 Å². The number of ketones is 1. The first-order chi connectivity index (χ1) is 13.1. The average molecular weight is 365 g/mol. The summed E-state index contributed by atoms with van der Waals surface area (Å²) in [6, 6.07) is 5.77. The van der Waals surface area contributed by atoms with Crippen LogP contribution in [0, 0.1) is 0 Å². The molecule has 3 heterocycles. The van der Waals surface area contributed by atoms with Crippen LogP contribution in [0.3, 0.4) is 0 Å². The predicted molar refractivity (Wildman–Crippen MR) is 104 cm³/mol. The number of hydrogen-bond acceptors (Lipinski definition) is 6. The molecule has 1 fully saturated rings. The summed E-state index contributed by atoms with van der Waals surface area (Å²) in [5, 5.41) is 4.52. The maximum absolute atomic E-state index is 11.8. The largest absolute Gasteiger partial charge is 0.474 e. The van der Waals surface area contributed by atoms with Gasteiger partial charge in [0.1, 0.15) is 6.61 Å². The Morgan fingerprint density at radius 3 is 2.89 bits per heavy atom. The number of allylic oxidation sites excluding steroid dienone is 3. The van der Waals surface area contributed by atoms with E-state index in [2.05, 4.69) is 10.00 Å². The number of ether oxygens (including phenoxy) is 1. The van der Waals surface area contributed by atoms with E-state index in [9.17, 15) is 4.79 Å². The van der Waals surface area contributed by atoms with Gasteiger partial charge in [-0.15, -0.1) is 5.10 Å². The van der Waals surface area contributed by atoms with Gasteiger partial charge in [0, 0.05) is 18.8 Å². The van der Waals surface area contributed by atoms with E-state index < -0.39 is 0 Å². The number of carbonyl (C=O) groups excluding carboxylic acids is 1. The Balaban J connectivity index is 1.65. The van der Waals surface area contributed by atoms with Crippen molar-refractivity contribution in [2.75, 3.05) is 26.2 Å². The quantitative estimate of drug-likeness (QED) is 0.822. The minimum atomic E-state index is -0.0894. The maximum Gasteiger partial charge on any atom is 0.260 e. The van der Waals surface area contributed by atoms with Gasteiger partial charge in [-0.1, -0.05) is 6.07 Å². The highest BCUT2D eigenvalue weighted by Crippen LogP contribution is 2.32. The van der Waals surface area contributed by atoms with Crippen LogP contribution in [0.4, 0.5) is 5.69 Å². The zero-order chi connectivity index (χ0) is 18.8. The van der Waals surface area contributed by atoms with Crippen molar-refractivity contribution in [3.05, 3.63) is 47.8 Å². The molecule has 2 aliphatic rings. The Kier molecular flexibility index (Phi) is 4.77. The molecule has 0 unspecified atom stereocenters. The van der Waals surface area contributed by atoms with Gasteiger partial charge >= 0.3 is 0 Å². The lowest BCUT2D eigenvalue weighted by molar-refractivity contribution is -0.111. The Hall–Kier alpha value is -2.93. The van der Waals surface area contributed by atoms with Crippen LogP contribution in [-0.4, -0.2) is 52.3 Å². The highest BCUT2D eigenvalue weighted by Gasteiger charge is 2.19. The summed E-state index contributed by atoms with van der Waals surface area (Å²) in [6.45, 7) is 5.44. The monoisotopic (exact) mass is 365 g/mol. The van der Waals surface area contributed by atoms with E-state index >= 15 is 0 Å². The van der Waals surface area contributed by atoms with Crippen molar-refractivity contribution in [3.63, 3.8) is 0 Å². The van der Waals surface area contributed by atoms with Gasteiger partial charge in [0.05, 0.1) is 16.9 Å². The molecule has 1 aliphatic heterocycles. The molecule has 0 aromatic carbocycles. The van der Waals surface area contributed by atoms with Crippen LogP contribution >= 0.6 is 0 Å². The standard InChI is InChI=1S/C20H23N5O2/c1-14-12-16(15(21)13-18(14)26)22-19-17-6-2-3-9-25(17)23-20(19)27-11-10-24-7-4-5-8-24/h2-3,6,9,12-13H,4-5,7-8,10-11,21H2,1H3. The van der Waals surface area contributed by atoms with Gasteiger partial charge in [-0.05, 0) is 56.6 Å². The Bertz CT molecular complexity index is 964. The zero-order valence-electron chi connectivity index (χ0n) is 15.4. The number of rotatable bonds is 5. The first-order valence-electron chi connectivity index (χ1n) is 9.23. The number of pyridine rings is 1. The molecule has 2 aromatic rings. The summed E-state index contributed by atoms with van der Waals surface area (Å²) in [5.41, 5.74) is 8.98. The van der Waals surface area contributed by atoms with Gasteiger partial charge in [0.2, 0.25) is 0 Å². The van der Waals surface area contributed by atoms with Crippen LogP contribution in [0.2, 0.25) is 0 Å². The molecular formula is C20H23N5O2. The summed E-state index contributed by atoms with van der Waals surface area (Å²) in [4.78, 5) is 18.9. The summed E-state index contributed by atoms with van der Waals surface area (Å²) >= 11 is 0. The molecule has 0 saturated carbocycles. The molecule has 140 valence electrons. The number of carbonyl (C=O) groups is 1. The van der Waals surface area contributed by atoms with Crippen LogP contribution in [0.1, 0.15) is 19.8 Å². The summed E-state index contributed by atoms with van der Waals surface area (Å²) in [5.74, 6) is 0.386. The Morgan fingerprint density at radius 1 is 1.26 bits per heavy atom. The molecule has 1 saturated heterocycles. The molecule has 0 amide bonds. The molecule has 0 radical (unpaired) electrons. The number of likely N-dealkylation sites (tertiary alicyclic amines) is 1. The second kappa shape index (κ2) is 7.36. The van der Waals surface area contributed by atoms with E-state index in [1.165, 1.54) is 18.9 Å².